The van der Waals surface area contributed by atoms with Gasteiger partial charge in [-0.05, 0) is 44.2 Å². The Morgan fingerprint density at radius 1 is 1.33 bits per heavy atom. The van der Waals surface area contributed by atoms with E-state index in [4.69, 9.17) is 4.74 Å². The number of carbonyl (C=O) groups excluding carboxylic acids is 1. The highest BCUT2D eigenvalue weighted by atomic mass is 32.1. The first-order valence-corrected chi connectivity index (χ1v) is 8.37. The first kappa shape index (κ1) is 16.2. The van der Waals surface area contributed by atoms with Gasteiger partial charge in [-0.2, -0.15) is 0 Å². The van der Waals surface area contributed by atoms with Crippen LogP contribution in [0.4, 0.5) is 5.69 Å². The third kappa shape index (κ3) is 3.46. The Balaban J connectivity index is 1.72. The molecule has 0 aliphatic carbocycles. The van der Waals surface area contributed by atoms with E-state index in [2.05, 4.69) is 10.3 Å². The van der Waals surface area contributed by atoms with Gasteiger partial charge in [-0.3, -0.25) is 14.2 Å². The lowest BCUT2D eigenvalue weighted by atomic mass is 10.3. The summed E-state index contributed by atoms with van der Waals surface area (Å²) in [6.45, 7) is 4.35. The molecule has 0 bridgehead atoms. The Morgan fingerprint density at radius 2 is 2.08 bits per heavy atom. The molecule has 3 aromatic rings. The molecule has 1 aromatic carbocycles. The van der Waals surface area contributed by atoms with Gasteiger partial charge in [-0.1, -0.05) is 0 Å². The number of fused-ring (bicyclic) bond motifs is 1. The zero-order valence-corrected chi connectivity index (χ0v) is 14.2. The molecule has 0 spiro atoms. The molecule has 6 nitrogen and oxygen atoms in total. The van der Waals surface area contributed by atoms with Crippen molar-refractivity contribution in [2.24, 2.45) is 0 Å². The van der Waals surface area contributed by atoms with Crippen LogP contribution in [0.2, 0.25) is 0 Å². The maximum atomic E-state index is 12.4. The fourth-order valence-corrected chi connectivity index (χ4v) is 3.19. The molecule has 24 heavy (non-hydrogen) atoms. The van der Waals surface area contributed by atoms with E-state index in [1.807, 2.05) is 13.8 Å². The topological polar surface area (TPSA) is 73.2 Å². The zero-order chi connectivity index (χ0) is 17.1. The number of ether oxygens (including phenoxy) is 1. The number of nitrogens with one attached hydrogen (secondary N) is 1. The van der Waals surface area contributed by atoms with Gasteiger partial charge in [0, 0.05) is 10.6 Å². The number of aromatic nitrogens is 2. The predicted molar refractivity (Wildman–Crippen MR) is 94.9 cm³/mol. The molecule has 0 saturated carbocycles. The summed E-state index contributed by atoms with van der Waals surface area (Å²) in [5.41, 5.74) is 0.447. The van der Waals surface area contributed by atoms with Gasteiger partial charge in [0.1, 0.15) is 17.1 Å². The molecule has 7 heteroatoms. The molecule has 0 aliphatic heterocycles. The van der Waals surface area contributed by atoms with Crippen molar-refractivity contribution in [2.75, 3.05) is 11.9 Å². The maximum Gasteiger partial charge on any atom is 0.262 e. The van der Waals surface area contributed by atoms with Crippen molar-refractivity contribution in [3.05, 3.63) is 51.9 Å². The van der Waals surface area contributed by atoms with Gasteiger partial charge in [-0.15, -0.1) is 11.3 Å². The van der Waals surface area contributed by atoms with Crippen molar-refractivity contribution in [1.29, 1.82) is 0 Å². The number of amides is 1. The lowest BCUT2D eigenvalue weighted by Crippen LogP contribution is -2.27. The molecule has 0 radical (unpaired) electrons. The molecule has 3 rings (SSSR count). The average molecular weight is 343 g/mol. The molecule has 1 N–H and O–H groups in total. The summed E-state index contributed by atoms with van der Waals surface area (Å²) in [6.07, 6.45) is 1.42. The lowest BCUT2D eigenvalue weighted by Gasteiger charge is -2.08. The number of hydrogen-bond donors (Lipinski definition) is 1. The van der Waals surface area contributed by atoms with E-state index in [0.29, 0.717) is 22.5 Å². The van der Waals surface area contributed by atoms with Crippen LogP contribution in [0.15, 0.2) is 41.5 Å². The number of rotatable bonds is 5. The maximum absolute atomic E-state index is 12.4. The molecular weight excluding hydrogens is 326 g/mol. The number of anilines is 1. The SMILES string of the molecule is CCOc1ccc(NC(=O)Cn2cnc3sc(C)cc3c2=O)cc1. The summed E-state index contributed by atoms with van der Waals surface area (Å²) < 4.78 is 6.67. The molecule has 0 saturated heterocycles. The quantitative estimate of drug-likeness (QED) is 0.773. The normalized spacial score (nSPS) is 10.8. The number of thiophene rings is 1. The molecule has 124 valence electrons. The van der Waals surface area contributed by atoms with Gasteiger partial charge in [0.15, 0.2) is 0 Å². The van der Waals surface area contributed by atoms with E-state index in [1.54, 1.807) is 30.3 Å². The van der Waals surface area contributed by atoms with Crippen LogP contribution in [-0.2, 0) is 11.3 Å². The summed E-state index contributed by atoms with van der Waals surface area (Å²) in [7, 11) is 0. The predicted octanol–water partition coefficient (Wildman–Crippen LogP) is 2.80. The summed E-state index contributed by atoms with van der Waals surface area (Å²) >= 11 is 1.46. The highest BCUT2D eigenvalue weighted by Crippen LogP contribution is 2.19. The monoisotopic (exact) mass is 343 g/mol. The van der Waals surface area contributed by atoms with Crippen LogP contribution >= 0.6 is 11.3 Å². The largest absolute Gasteiger partial charge is 0.494 e. The van der Waals surface area contributed by atoms with Crippen LogP contribution in [-0.4, -0.2) is 22.1 Å². The molecule has 2 aromatic heterocycles. The first-order chi connectivity index (χ1) is 11.6. The van der Waals surface area contributed by atoms with Crippen molar-refractivity contribution in [2.45, 2.75) is 20.4 Å². The average Bonchev–Trinajstić information content (AvgIpc) is 2.94. The number of nitrogens with zero attached hydrogens (tertiary/aromatic N) is 2. The molecule has 1 amide bonds. The molecular formula is C17H17N3O3S. The van der Waals surface area contributed by atoms with Crippen LogP contribution in [0.1, 0.15) is 11.8 Å². The van der Waals surface area contributed by atoms with Gasteiger partial charge in [0.2, 0.25) is 5.91 Å². The second-order valence-corrected chi connectivity index (χ2v) is 6.49. The Hall–Kier alpha value is -2.67. The van der Waals surface area contributed by atoms with Crippen LogP contribution in [0.3, 0.4) is 0 Å². The van der Waals surface area contributed by atoms with E-state index in [-0.39, 0.29) is 18.0 Å². The van der Waals surface area contributed by atoms with E-state index < -0.39 is 0 Å². The van der Waals surface area contributed by atoms with Gasteiger partial charge >= 0.3 is 0 Å². The molecule has 0 fully saturated rings. The standard InChI is InChI=1S/C17H17N3O3S/c1-3-23-13-6-4-12(5-7-13)19-15(21)9-20-10-18-16-14(17(20)22)8-11(2)24-16/h4-8,10H,3,9H2,1-2H3,(H,19,21). The van der Waals surface area contributed by atoms with Crippen molar-refractivity contribution >= 4 is 33.1 Å². The first-order valence-electron chi connectivity index (χ1n) is 7.55. The van der Waals surface area contributed by atoms with Gasteiger partial charge < -0.3 is 10.1 Å². The second-order valence-electron chi connectivity index (χ2n) is 5.26. The number of hydrogen-bond acceptors (Lipinski definition) is 5. The second kappa shape index (κ2) is 6.84. The fourth-order valence-electron chi connectivity index (χ4n) is 2.35. The van der Waals surface area contributed by atoms with Gasteiger partial charge in [-0.25, -0.2) is 4.98 Å². The molecule has 0 unspecified atom stereocenters. The highest BCUT2D eigenvalue weighted by Gasteiger charge is 2.10. The van der Waals surface area contributed by atoms with E-state index in [1.165, 1.54) is 22.2 Å². The molecule has 2 heterocycles. The lowest BCUT2D eigenvalue weighted by molar-refractivity contribution is -0.116. The third-order valence-corrected chi connectivity index (χ3v) is 4.36. The Labute approximate surface area is 142 Å². The van der Waals surface area contributed by atoms with Gasteiger partial charge in [0.25, 0.3) is 5.56 Å². The minimum absolute atomic E-state index is 0.0795. The van der Waals surface area contributed by atoms with E-state index >= 15 is 0 Å². The van der Waals surface area contributed by atoms with Crippen LogP contribution in [0, 0.1) is 6.92 Å². The van der Waals surface area contributed by atoms with Crippen LogP contribution in [0.25, 0.3) is 10.2 Å². The summed E-state index contributed by atoms with van der Waals surface area (Å²) in [5, 5.41) is 3.31. The van der Waals surface area contributed by atoms with Gasteiger partial charge in [0.05, 0.1) is 18.3 Å². The number of aryl methyl sites for hydroxylation is 1. The smallest absolute Gasteiger partial charge is 0.262 e. The Morgan fingerprint density at radius 3 is 2.79 bits per heavy atom. The van der Waals surface area contributed by atoms with Crippen molar-refractivity contribution in [3.63, 3.8) is 0 Å². The molecule has 0 atom stereocenters. The summed E-state index contributed by atoms with van der Waals surface area (Å²) in [6, 6.07) is 8.89. The third-order valence-electron chi connectivity index (χ3n) is 3.40. The Bertz CT molecular complexity index is 928. The van der Waals surface area contributed by atoms with Crippen LogP contribution in [0.5, 0.6) is 5.75 Å². The summed E-state index contributed by atoms with van der Waals surface area (Å²) in [5.74, 6) is 0.462. The van der Waals surface area contributed by atoms with Crippen LogP contribution < -0.4 is 15.6 Å². The fraction of sp³-hybridized carbons (Fsp3) is 0.235. The van der Waals surface area contributed by atoms with Crippen molar-refractivity contribution in [1.82, 2.24) is 9.55 Å². The van der Waals surface area contributed by atoms with E-state index in [9.17, 15) is 9.59 Å². The summed E-state index contributed by atoms with van der Waals surface area (Å²) in [4.78, 5) is 30.5. The molecule has 0 aliphatic rings. The van der Waals surface area contributed by atoms with E-state index in [0.717, 1.165) is 10.6 Å². The minimum atomic E-state index is -0.283. The number of benzene rings is 1. The Kier molecular flexibility index (Phi) is 4.61. The van der Waals surface area contributed by atoms with Crippen molar-refractivity contribution < 1.29 is 9.53 Å². The zero-order valence-electron chi connectivity index (χ0n) is 13.4. The highest BCUT2D eigenvalue weighted by molar-refractivity contribution is 7.18. The van der Waals surface area contributed by atoms with Crippen molar-refractivity contribution in [3.8, 4) is 5.75 Å². The minimum Gasteiger partial charge on any atom is -0.494 e. The number of carbonyl (C=O) groups is 1.